The summed E-state index contributed by atoms with van der Waals surface area (Å²) in [5.74, 6) is -1.07. The molecule has 2 N–H and O–H groups in total. The predicted molar refractivity (Wildman–Crippen MR) is 114 cm³/mol. The summed E-state index contributed by atoms with van der Waals surface area (Å²) in [4.78, 5) is 24.1. The minimum Gasteiger partial charge on any atom is -0.431 e. The van der Waals surface area contributed by atoms with Crippen molar-refractivity contribution in [1.29, 1.82) is 0 Å². The van der Waals surface area contributed by atoms with Gasteiger partial charge in [-0.05, 0) is 12.8 Å². The molecule has 9 heteroatoms. The first-order valence-electron chi connectivity index (χ1n) is 10.1. The molecule has 0 saturated heterocycles. The Bertz CT molecular complexity index is 806. The van der Waals surface area contributed by atoms with E-state index in [1.165, 1.54) is 0 Å². The molecule has 0 fully saturated rings. The van der Waals surface area contributed by atoms with Crippen molar-refractivity contribution < 1.29 is 32.7 Å². The maximum atomic E-state index is 13.0. The van der Waals surface area contributed by atoms with Gasteiger partial charge >= 0.3 is 19.7 Å². The van der Waals surface area contributed by atoms with Crippen LogP contribution >= 0.6 is 7.75 Å². The molecule has 2 aromatic rings. The van der Waals surface area contributed by atoms with Crippen LogP contribution in [0.1, 0.15) is 63.2 Å². The van der Waals surface area contributed by atoms with E-state index >= 15 is 0 Å². The van der Waals surface area contributed by atoms with Crippen LogP contribution in [0.15, 0.2) is 60.7 Å². The molecule has 0 aliphatic heterocycles. The number of hydrogen-bond donors (Lipinski definition) is 1. The van der Waals surface area contributed by atoms with Gasteiger partial charge in [0.05, 0.1) is 0 Å². The fourth-order valence-electron chi connectivity index (χ4n) is 2.58. The van der Waals surface area contributed by atoms with Crippen LogP contribution < -0.4 is 5.50 Å². The summed E-state index contributed by atoms with van der Waals surface area (Å²) in [7, 11) is -4.34. The molecule has 2 atom stereocenters. The molecule has 0 aromatic heterocycles. The zero-order valence-electron chi connectivity index (χ0n) is 17.6. The Kier molecular flexibility index (Phi) is 9.88. The van der Waals surface area contributed by atoms with E-state index in [0.717, 1.165) is 0 Å². The van der Waals surface area contributed by atoms with Crippen LogP contribution in [0.3, 0.4) is 0 Å². The maximum Gasteiger partial charge on any atom is 0.409 e. The van der Waals surface area contributed by atoms with Gasteiger partial charge in [0, 0.05) is 24.0 Å². The van der Waals surface area contributed by atoms with Gasteiger partial charge in [-0.1, -0.05) is 74.5 Å². The van der Waals surface area contributed by atoms with Gasteiger partial charge in [0.25, 0.3) is 0 Å². The van der Waals surface area contributed by atoms with Gasteiger partial charge in [-0.15, -0.1) is 0 Å². The number of ether oxygens (including phenoxy) is 2. The van der Waals surface area contributed by atoms with Crippen LogP contribution in [0.5, 0.6) is 0 Å². The average molecular weight is 449 g/mol. The number of carbonyl (C=O) groups is 2. The minimum absolute atomic E-state index is 0.156. The fourth-order valence-corrected chi connectivity index (χ4v) is 3.49. The second-order valence-corrected chi connectivity index (χ2v) is 8.22. The van der Waals surface area contributed by atoms with Crippen LogP contribution in [0.4, 0.5) is 0 Å². The van der Waals surface area contributed by atoms with Crippen molar-refractivity contribution in [2.45, 2.75) is 52.1 Å². The van der Waals surface area contributed by atoms with Gasteiger partial charge in [0.1, 0.15) is 0 Å². The lowest BCUT2D eigenvalue weighted by molar-refractivity contribution is -0.172. The summed E-state index contributed by atoms with van der Waals surface area (Å²) in [6.45, 7) is 3.65. The second-order valence-electron chi connectivity index (χ2n) is 6.72. The van der Waals surface area contributed by atoms with E-state index in [-0.39, 0.29) is 12.8 Å². The monoisotopic (exact) mass is 449 g/mol. The molecule has 0 aliphatic rings. The first-order chi connectivity index (χ1) is 14.8. The molecule has 2 unspecified atom stereocenters. The zero-order chi connectivity index (χ0) is 22.7. The quantitative estimate of drug-likeness (QED) is 0.268. The number of hydrogen-bond acceptors (Lipinski definition) is 7. The molecule has 168 valence electrons. The Morgan fingerprint density at radius 1 is 0.774 bits per heavy atom. The lowest BCUT2D eigenvalue weighted by Gasteiger charge is -2.25. The smallest absolute Gasteiger partial charge is 0.409 e. The van der Waals surface area contributed by atoms with E-state index in [9.17, 15) is 14.2 Å². The summed E-state index contributed by atoms with van der Waals surface area (Å²) in [6.07, 6.45) is -1.24. The molecule has 31 heavy (non-hydrogen) atoms. The topological polar surface area (TPSA) is 114 Å². The minimum atomic E-state index is -4.34. The third kappa shape index (κ3) is 8.63. The lowest BCUT2D eigenvalue weighted by atomic mass is 10.2. The van der Waals surface area contributed by atoms with Gasteiger partial charge in [0.2, 0.25) is 12.6 Å². The Morgan fingerprint density at radius 2 is 1.13 bits per heavy atom. The van der Waals surface area contributed by atoms with Crippen molar-refractivity contribution in [2.75, 3.05) is 0 Å². The zero-order valence-corrected chi connectivity index (χ0v) is 18.5. The Hall–Kier alpha value is -2.51. The molecule has 0 aliphatic carbocycles. The molecule has 8 nitrogen and oxygen atoms in total. The highest BCUT2D eigenvalue weighted by atomic mass is 31.2. The molecular weight excluding hydrogens is 421 g/mol. The first-order valence-corrected chi connectivity index (χ1v) is 11.7. The van der Waals surface area contributed by atoms with Crippen molar-refractivity contribution in [3.63, 3.8) is 0 Å². The van der Waals surface area contributed by atoms with Crippen molar-refractivity contribution in [1.82, 2.24) is 0 Å². The van der Waals surface area contributed by atoms with E-state index in [0.29, 0.717) is 24.0 Å². The molecule has 2 rings (SSSR count). The molecule has 0 heterocycles. The summed E-state index contributed by atoms with van der Waals surface area (Å²) in [5.41, 5.74) is 6.68. The maximum absolute atomic E-state index is 13.0. The Balaban J connectivity index is 2.22. The summed E-state index contributed by atoms with van der Waals surface area (Å²) < 4.78 is 34.5. The highest BCUT2D eigenvalue weighted by Gasteiger charge is 2.33. The van der Waals surface area contributed by atoms with Gasteiger partial charge < -0.3 is 9.47 Å². The summed E-state index contributed by atoms with van der Waals surface area (Å²) in [5, 5.41) is 0. The standard InChI is InChI=1S/C22H28NO7P/c1-3-11-19(24)27-21(17-13-7-5-8-14-17)29-31(23,26)30-22(28-20(25)12-4-2)18-15-9-6-10-16-18/h5-10,13-16,21-22H,3-4,11-12H2,1-2H3,(H2,23,26). The Labute approximate surface area is 182 Å². The van der Waals surface area contributed by atoms with Crippen molar-refractivity contribution in [2.24, 2.45) is 5.50 Å². The average Bonchev–Trinajstić information content (AvgIpc) is 2.74. The van der Waals surface area contributed by atoms with Crippen LogP contribution in [-0.2, 0) is 32.7 Å². The van der Waals surface area contributed by atoms with Crippen LogP contribution in [0.25, 0.3) is 0 Å². The predicted octanol–water partition coefficient (Wildman–Crippen LogP) is 5.17. The van der Waals surface area contributed by atoms with E-state index in [4.69, 9.17) is 24.0 Å². The molecule has 0 spiro atoms. The first kappa shape index (κ1) is 24.8. The molecule has 0 amide bonds. The van der Waals surface area contributed by atoms with Crippen LogP contribution in [-0.4, -0.2) is 11.9 Å². The fraction of sp³-hybridized carbons (Fsp3) is 0.364. The van der Waals surface area contributed by atoms with Crippen molar-refractivity contribution in [3.8, 4) is 0 Å². The largest absolute Gasteiger partial charge is 0.431 e. The third-order valence-electron chi connectivity index (χ3n) is 4.01. The van der Waals surface area contributed by atoms with E-state index < -0.39 is 32.3 Å². The Morgan fingerprint density at radius 3 is 1.45 bits per heavy atom. The number of rotatable bonds is 12. The van der Waals surface area contributed by atoms with Gasteiger partial charge in [-0.2, -0.15) is 0 Å². The SMILES string of the molecule is CCCC(=O)OC(OP(N)(=O)OC(OC(=O)CCC)c1ccccc1)c1ccccc1. The van der Waals surface area contributed by atoms with E-state index in [1.54, 1.807) is 60.7 Å². The van der Waals surface area contributed by atoms with Crippen LogP contribution in [0.2, 0.25) is 0 Å². The normalized spacial score (nSPS) is 14.8. The number of carbonyl (C=O) groups excluding carboxylic acids is 2. The highest BCUT2D eigenvalue weighted by Crippen LogP contribution is 2.49. The summed E-state index contributed by atoms with van der Waals surface area (Å²) in [6, 6.07) is 16.9. The second kappa shape index (κ2) is 12.4. The van der Waals surface area contributed by atoms with Crippen molar-refractivity contribution >= 4 is 19.7 Å². The molecular formula is C22H28NO7P. The van der Waals surface area contributed by atoms with E-state index in [2.05, 4.69) is 0 Å². The van der Waals surface area contributed by atoms with Crippen LogP contribution in [0, 0.1) is 0 Å². The molecule has 2 aromatic carbocycles. The molecule has 0 radical (unpaired) electrons. The van der Waals surface area contributed by atoms with Gasteiger partial charge in [-0.25, -0.2) is 10.1 Å². The number of benzene rings is 2. The number of esters is 2. The highest BCUT2D eigenvalue weighted by molar-refractivity contribution is 7.51. The molecule has 0 bridgehead atoms. The van der Waals surface area contributed by atoms with Gasteiger partial charge in [-0.3, -0.25) is 18.6 Å². The number of nitrogens with two attached hydrogens (primary N) is 1. The lowest BCUT2D eigenvalue weighted by Crippen LogP contribution is -2.19. The summed E-state index contributed by atoms with van der Waals surface area (Å²) >= 11 is 0. The van der Waals surface area contributed by atoms with Gasteiger partial charge in [0.15, 0.2) is 0 Å². The van der Waals surface area contributed by atoms with Crippen molar-refractivity contribution in [3.05, 3.63) is 71.8 Å². The van der Waals surface area contributed by atoms with E-state index in [1.807, 2.05) is 13.8 Å². The third-order valence-corrected chi connectivity index (χ3v) is 4.98. The molecule has 0 saturated carbocycles.